The van der Waals surface area contributed by atoms with Crippen LogP contribution in [0, 0.1) is 6.92 Å². The molecular weight excluding hydrogens is 328 g/mol. The van der Waals surface area contributed by atoms with E-state index in [1.807, 2.05) is 42.2 Å². The topological polar surface area (TPSA) is 85.8 Å². The highest BCUT2D eigenvalue weighted by Crippen LogP contribution is 2.30. The molecule has 26 heavy (non-hydrogen) atoms. The number of nitrogens with zero attached hydrogens (tertiary/aromatic N) is 7. The lowest BCUT2D eigenvalue weighted by molar-refractivity contribution is 0.677. The van der Waals surface area contributed by atoms with Gasteiger partial charge >= 0.3 is 0 Å². The highest BCUT2D eigenvalue weighted by Gasteiger charge is 2.16. The minimum Gasteiger partial charge on any atom is -0.339 e. The Hall–Kier alpha value is -3.55. The van der Waals surface area contributed by atoms with E-state index in [9.17, 15) is 0 Å². The van der Waals surface area contributed by atoms with Gasteiger partial charge in [-0.2, -0.15) is 24.7 Å². The molecule has 4 heterocycles. The third-order valence-electron chi connectivity index (χ3n) is 4.54. The summed E-state index contributed by atoms with van der Waals surface area (Å²) in [5.41, 5.74) is 3.85. The molecule has 0 aliphatic carbocycles. The van der Waals surface area contributed by atoms with Crippen LogP contribution in [0.2, 0.25) is 0 Å². The second kappa shape index (κ2) is 5.48. The fourth-order valence-electron chi connectivity index (χ4n) is 3.21. The van der Waals surface area contributed by atoms with Gasteiger partial charge in [0.15, 0.2) is 5.65 Å². The second-order valence-electron chi connectivity index (χ2n) is 6.09. The molecule has 5 aromatic rings. The van der Waals surface area contributed by atoms with Gasteiger partial charge in [0.2, 0.25) is 0 Å². The van der Waals surface area contributed by atoms with Gasteiger partial charge in [0.25, 0.3) is 5.78 Å². The highest BCUT2D eigenvalue weighted by atomic mass is 15.3. The van der Waals surface area contributed by atoms with Crippen LogP contribution < -0.4 is 5.32 Å². The molecule has 5 rings (SSSR count). The maximum Gasteiger partial charge on any atom is 0.254 e. The van der Waals surface area contributed by atoms with Crippen molar-refractivity contribution in [3.63, 3.8) is 0 Å². The van der Waals surface area contributed by atoms with Crippen LogP contribution in [0.1, 0.15) is 12.5 Å². The minimum absolute atomic E-state index is 0.533. The Morgan fingerprint density at radius 1 is 1.04 bits per heavy atom. The molecule has 1 aromatic carbocycles. The first-order valence-corrected chi connectivity index (χ1v) is 8.43. The Bertz CT molecular complexity index is 1270. The first-order chi connectivity index (χ1) is 12.8. The SMILES string of the molecule is CCn1ncc2c1ncc1c(Nc3ccccc3C)nc3ncnn3c12. The van der Waals surface area contributed by atoms with Crippen molar-refractivity contribution in [2.24, 2.45) is 0 Å². The average Bonchev–Trinajstić information content (AvgIpc) is 3.29. The number of aryl methyl sites for hydroxylation is 2. The van der Waals surface area contributed by atoms with E-state index in [1.165, 1.54) is 6.33 Å². The number of benzene rings is 1. The number of para-hydroxylation sites is 1. The predicted molar refractivity (Wildman–Crippen MR) is 99.5 cm³/mol. The van der Waals surface area contributed by atoms with Crippen molar-refractivity contribution in [1.82, 2.24) is 34.3 Å². The van der Waals surface area contributed by atoms with Gasteiger partial charge in [0.1, 0.15) is 12.1 Å². The molecule has 0 amide bonds. The molecule has 0 aliphatic rings. The summed E-state index contributed by atoms with van der Waals surface area (Å²) in [6.45, 7) is 4.85. The Labute approximate surface area is 148 Å². The van der Waals surface area contributed by atoms with Crippen LogP contribution in [0.25, 0.3) is 27.7 Å². The Kier molecular flexibility index (Phi) is 3.11. The van der Waals surface area contributed by atoms with Gasteiger partial charge < -0.3 is 5.32 Å². The number of nitrogens with one attached hydrogen (secondary N) is 1. The monoisotopic (exact) mass is 344 g/mol. The first-order valence-electron chi connectivity index (χ1n) is 8.43. The molecule has 8 heteroatoms. The summed E-state index contributed by atoms with van der Waals surface area (Å²) >= 11 is 0. The molecule has 1 N–H and O–H groups in total. The molecule has 0 bridgehead atoms. The van der Waals surface area contributed by atoms with Crippen LogP contribution in [0.5, 0.6) is 0 Å². The van der Waals surface area contributed by atoms with Gasteiger partial charge in [-0.1, -0.05) is 18.2 Å². The van der Waals surface area contributed by atoms with Crippen molar-refractivity contribution in [3.8, 4) is 0 Å². The van der Waals surface area contributed by atoms with Gasteiger partial charge in [0.05, 0.1) is 22.5 Å². The number of hydrogen-bond donors (Lipinski definition) is 1. The van der Waals surface area contributed by atoms with Gasteiger partial charge in [-0.05, 0) is 25.5 Å². The van der Waals surface area contributed by atoms with E-state index in [-0.39, 0.29) is 0 Å². The van der Waals surface area contributed by atoms with Crippen LogP contribution >= 0.6 is 0 Å². The number of aromatic nitrogens is 7. The summed E-state index contributed by atoms with van der Waals surface area (Å²) in [5, 5.41) is 14.0. The van der Waals surface area contributed by atoms with Gasteiger partial charge in [-0.25, -0.2) is 9.67 Å². The van der Waals surface area contributed by atoms with E-state index in [4.69, 9.17) is 0 Å². The maximum atomic E-state index is 4.64. The van der Waals surface area contributed by atoms with Crippen molar-refractivity contribution in [2.75, 3.05) is 5.32 Å². The third-order valence-corrected chi connectivity index (χ3v) is 4.54. The Morgan fingerprint density at radius 2 is 1.92 bits per heavy atom. The van der Waals surface area contributed by atoms with Gasteiger partial charge in [0, 0.05) is 18.4 Å². The largest absolute Gasteiger partial charge is 0.339 e. The molecule has 0 unspecified atom stereocenters. The van der Waals surface area contributed by atoms with E-state index in [0.717, 1.165) is 39.7 Å². The molecule has 0 fully saturated rings. The molecule has 128 valence electrons. The van der Waals surface area contributed by atoms with Gasteiger partial charge in [-0.15, -0.1) is 0 Å². The average molecular weight is 344 g/mol. The molecule has 0 saturated carbocycles. The number of pyridine rings is 1. The molecule has 0 saturated heterocycles. The molecule has 8 nitrogen and oxygen atoms in total. The summed E-state index contributed by atoms with van der Waals surface area (Å²) in [5.74, 6) is 1.23. The molecule has 0 aliphatic heterocycles. The third kappa shape index (κ3) is 2.05. The normalized spacial score (nSPS) is 11.6. The smallest absolute Gasteiger partial charge is 0.254 e. The van der Waals surface area contributed by atoms with E-state index < -0.39 is 0 Å². The predicted octanol–water partition coefficient (Wildman–Crippen LogP) is 3.09. The summed E-state index contributed by atoms with van der Waals surface area (Å²) < 4.78 is 3.61. The fraction of sp³-hybridized carbons (Fsp3) is 0.167. The molecule has 0 atom stereocenters. The lowest BCUT2D eigenvalue weighted by Gasteiger charge is -2.12. The molecule has 4 aromatic heterocycles. The lowest BCUT2D eigenvalue weighted by Crippen LogP contribution is -2.03. The van der Waals surface area contributed by atoms with E-state index in [0.29, 0.717) is 11.6 Å². The standard InChI is InChI=1S/C18H16N8/c1-3-25-17-13(9-21-25)15-12(8-19-17)16(24-18-20-10-22-26(15)18)23-14-7-5-4-6-11(14)2/h4-10H,3H2,1-2H3,(H,20,22,23,24). The van der Waals surface area contributed by atoms with E-state index >= 15 is 0 Å². The maximum absolute atomic E-state index is 4.64. The zero-order chi connectivity index (χ0) is 17.7. The summed E-state index contributed by atoms with van der Waals surface area (Å²) in [6, 6.07) is 8.09. The second-order valence-corrected chi connectivity index (χ2v) is 6.09. The summed E-state index contributed by atoms with van der Waals surface area (Å²) in [7, 11) is 0. The van der Waals surface area contributed by atoms with Crippen molar-refractivity contribution >= 4 is 39.2 Å². The number of anilines is 2. The van der Waals surface area contributed by atoms with Crippen LogP contribution in [-0.4, -0.2) is 34.3 Å². The molecule has 0 radical (unpaired) electrons. The first kappa shape index (κ1) is 14.8. The van der Waals surface area contributed by atoms with Crippen LogP contribution in [0.4, 0.5) is 11.5 Å². The highest BCUT2D eigenvalue weighted by molar-refractivity contribution is 6.07. The number of hydrogen-bond acceptors (Lipinski definition) is 6. The summed E-state index contributed by atoms with van der Waals surface area (Å²) in [4.78, 5) is 13.5. The minimum atomic E-state index is 0.533. The van der Waals surface area contributed by atoms with E-state index in [1.54, 1.807) is 4.52 Å². The fourth-order valence-corrected chi connectivity index (χ4v) is 3.21. The van der Waals surface area contributed by atoms with Crippen LogP contribution in [0.3, 0.4) is 0 Å². The van der Waals surface area contributed by atoms with Crippen LogP contribution in [0.15, 0.2) is 43.0 Å². The van der Waals surface area contributed by atoms with Crippen LogP contribution in [-0.2, 0) is 6.54 Å². The van der Waals surface area contributed by atoms with E-state index in [2.05, 4.69) is 43.5 Å². The Morgan fingerprint density at radius 3 is 2.77 bits per heavy atom. The van der Waals surface area contributed by atoms with Crippen molar-refractivity contribution in [3.05, 3.63) is 48.5 Å². The summed E-state index contributed by atoms with van der Waals surface area (Å²) in [6.07, 6.45) is 5.16. The zero-order valence-corrected chi connectivity index (χ0v) is 14.4. The van der Waals surface area contributed by atoms with Crippen molar-refractivity contribution in [1.29, 1.82) is 0 Å². The number of fused-ring (bicyclic) bond motifs is 5. The van der Waals surface area contributed by atoms with Crippen molar-refractivity contribution < 1.29 is 0 Å². The van der Waals surface area contributed by atoms with Gasteiger partial charge in [-0.3, -0.25) is 0 Å². The Balaban J connectivity index is 1.84. The number of rotatable bonds is 3. The lowest BCUT2D eigenvalue weighted by atomic mass is 10.2. The van der Waals surface area contributed by atoms with Crippen molar-refractivity contribution in [2.45, 2.75) is 20.4 Å². The zero-order valence-electron chi connectivity index (χ0n) is 14.4. The molecule has 0 spiro atoms. The molecular formula is C18H16N8. The quantitative estimate of drug-likeness (QED) is 0.541.